The summed E-state index contributed by atoms with van der Waals surface area (Å²) in [6.45, 7) is 5.21. The number of piperidine rings is 1. The normalized spacial score (nSPS) is 16.0. The summed E-state index contributed by atoms with van der Waals surface area (Å²) in [7, 11) is 0. The Labute approximate surface area is 156 Å². The van der Waals surface area contributed by atoms with E-state index in [1.54, 1.807) is 24.4 Å². The van der Waals surface area contributed by atoms with Gasteiger partial charge in [0.25, 0.3) is 5.91 Å². The van der Waals surface area contributed by atoms with Crippen molar-refractivity contribution < 1.29 is 4.79 Å². The van der Waals surface area contributed by atoms with Crippen LogP contribution in [-0.4, -0.2) is 46.7 Å². The molecule has 8 heteroatoms. The van der Waals surface area contributed by atoms with Gasteiger partial charge in [-0.15, -0.1) is 0 Å². The third-order valence-corrected chi connectivity index (χ3v) is 5.09. The molecule has 0 aliphatic carbocycles. The van der Waals surface area contributed by atoms with Gasteiger partial charge in [0.2, 0.25) is 0 Å². The van der Waals surface area contributed by atoms with E-state index in [2.05, 4.69) is 32.7 Å². The standard InChI is InChI=1S/C17H21Cl2N5O/c1-2-24-8-6-11(7-9-24)21-17(25)16-14(10-20-23-16)22-15-12(18)4-3-5-13(15)19/h3-5,10-11,22H,2,6-9H2,1H3,(H,20,23)(H,21,25). The lowest BCUT2D eigenvalue weighted by molar-refractivity contribution is 0.0908. The van der Waals surface area contributed by atoms with Crippen molar-refractivity contribution >= 4 is 40.5 Å². The van der Waals surface area contributed by atoms with Gasteiger partial charge in [0, 0.05) is 19.1 Å². The monoisotopic (exact) mass is 381 g/mol. The molecule has 3 rings (SSSR count). The summed E-state index contributed by atoms with van der Waals surface area (Å²) in [4.78, 5) is 15.0. The van der Waals surface area contributed by atoms with E-state index in [0.29, 0.717) is 27.1 Å². The van der Waals surface area contributed by atoms with E-state index < -0.39 is 0 Å². The second kappa shape index (κ2) is 8.08. The summed E-state index contributed by atoms with van der Waals surface area (Å²) in [6, 6.07) is 5.41. The predicted molar refractivity (Wildman–Crippen MR) is 101 cm³/mol. The minimum Gasteiger partial charge on any atom is -0.350 e. The van der Waals surface area contributed by atoms with E-state index in [9.17, 15) is 4.79 Å². The third-order valence-electron chi connectivity index (χ3n) is 4.46. The van der Waals surface area contributed by atoms with Crippen LogP contribution in [0.25, 0.3) is 0 Å². The van der Waals surface area contributed by atoms with Gasteiger partial charge in [-0.3, -0.25) is 9.89 Å². The SMILES string of the molecule is CCN1CCC(NC(=O)c2[nH]ncc2Nc2c(Cl)cccc2Cl)CC1. The van der Waals surface area contributed by atoms with Gasteiger partial charge in [-0.05, 0) is 31.5 Å². The highest BCUT2D eigenvalue weighted by molar-refractivity contribution is 6.39. The molecule has 1 aliphatic rings. The number of nitrogens with zero attached hydrogens (tertiary/aromatic N) is 2. The second-order valence-electron chi connectivity index (χ2n) is 6.06. The summed E-state index contributed by atoms with van der Waals surface area (Å²) in [5.41, 5.74) is 1.46. The van der Waals surface area contributed by atoms with Crippen LogP contribution in [0.2, 0.25) is 10.0 Å². The first-order chi connectivity index (χ1) is 12.1. The van der Waals surface area contributed by atoms with Crippen LogP contribution in [0.4, 0.5) is 11.4 Å². The van der Waals surface area contributed by atoms with Crippen molar-refractivity contribution in [2.45, 2.75) is 25.8 Å². The van der Waals surface area contributed by atoms with Crippen LogP contribution >= 0.6 is 23.2 Å². The molecule has 0 unspecified atom stereocenters. The first kappa shape index (κ1) is 18.0. The fourth-order valence-corrected chi connectivity index (χ4v) is 3.45. The highest BCUT2D eigenvalue weighted by Gasteiger charge is 2.22. The summed E-state index contributed by atoms with van der Waals surface area (Å²) in [5.74, 6) is -0.182. The van der Waals surface area contributed by atoms with Crippen molar-refractivity contribution in [2.75, 3.05) is 25.0 Å². The number of para-hydroxylation sites is 1. The number of aromatic nitrogens is 2. The number of likely N-dealkylation sites (tertiary alicyclic amines) is 1. The highest BCUT2D eigenvalue weighted by Crippen LogP contribution is 2.33. The first-order valence-corrected chi connectivity index (χ1v) is 9.11. The first-order valence-electron chi connectivity index (χ1n) is 8.36. The van der Waals surface area contributed by atoms with Gasteiger partial charge >= 0.3 is 0 Å². The molecule has 1 aromatic heterocycles. The zero-order valence-electron chi connectivity index (χ0n) is 14.0. The Morgan fingerprint density at radius 1 is 1.32 bits per heavy atom. The number of benzene rings is 1. The Hall–Kier alpha value is -1.76. The number of carbonyl (C=O) groups excluding carboxylic acids is 1. The average Bonchev–Trinajstić information content (AvgIpc) is 3.07. The van der Waals surface area contributed by atoms with Gasteiger partial charge in [0.1, 0.15) is 5.69 Å². The molecule has 0 atom stereocenters. The fourth-order valence-electron chi connectivity index (χ4n) is 2.96. The lowest BCUT2D eigenvalue weighted by Crippen LogP contribution is -2.44. The second-order valence-corrected chi connectivity index (χ2v) is 6.88. The van der Waals surface area contributed by atoms with E-state index in [1.165, 1.54) is 0 Å². The number of amides is 1. The predicted octanol–water partition coefficient (Wildman–Crippen LogP) is 3.67. The summed E-state index contributed by atoms with van der Waals surface area (Å²) < 4.78 is 0. The van der Waals surface area contributed by atoms with Crippen LogP contribution in [0.5, 0.6) is 0 Å². The Morgan fingerprint density at radius 2 is 2.00 bits per heavy atom. The molecule has 2 aromatic rings. The molecule has 2 heterocycles. The maximum Gasteiger partial charge on any atom is 0.271 e. The summed E-state index contributed by atoms with van der Waals surface area (Å²) in [6.07, 6.45) is 3.45. The molecular weight excluding hydrogens is 361 g/mol. The largest absolute Gasteiger partial charge is 0.350 e. The van der Waals surface area contributed by atoms with Crippen molar-refractivity contribution in [1.82, 2.24) is 20.4 Å². The number of halogens is 2. The third kappa shape index (κ3) is 4.26. The zero-order valence-corrected chi connectivity index (χ0v) is 15.5. The van der Waals surface area contributed by atoms with Crippen molar-refractivity contribution in [3.63, 3.8) is 0 Å². The van der Waals surface area contributed by atoms with Gasteiger partial charge in [-0.2, -0.15) is 5.10 Å². The lowest BCUT2D eigenvalue weighted by atomic mass is 10.0. The molecule has 0 saturated carbocycles. The lowest BCUT2D eigenvalue weighted by Gasteiger charge is -2.31. The maximum atomic E-state index is 12.6. The van der Waals surface area contributed by atoms with Crippen molar-refractivity contribution in [3.05, 3.63) is 40.1 Å². The fraction of sp³-hybridized carbons (Fsp3) is 0.412. The molecule has 1 aromatic carbocycles. The highest BCUT2D eigenvalue weighted by atomic mass is 35.5. The van der Waals surface area contributed by atoms with Crippen LogP contribution < -0.4 is 10.6 Å². The number of nitrogens with one attached hydrogen (secondary N) is 3. The number of carbonyl (C=O) groups is 1. The summed E-state index contributed by atoms with van der Waals surface area (Å²) in [5, 5.41) is 13.9. The van der Waals surface area contributed by atoms with Crippen molar-refractivity contribution in [1.29, 1.82) is 0 Å². The number of anilines is 2. The van der Waals surface area contributed by atoms with Crippen LogP contribution in [0.15, 0.2) is 24.4 Å². The number of rotatable bonds is 5. The molecule has 1 aliphatic heterocycles. The molecule has 0 spiro atoms. The van der Waals surface area contributed by atoms with Gasteiger partial charge in [0.05, 0.1) is 27.6 Å². The molecule has 6 nitrogen and oxygen atoms in total. The molecule has 3 N–H and O–H groups in total. The molecule has 1 amide bonds. The van der Waals surface area contributed by atoms with E-state index in [-0.39, 0.29) is 11.9 Å². The Bertz CT molecular complexity index is 720. The van der Waals surface area contributed by atoms with Gasteiger partial charge < -0.3 is 15.5 Å². The minimum atomic E-state index is -0.182. The molecule has 134 valence electrons. The molecule has 1 fully saturated rings. The number of H-pyrrole nitrogens is 1. The van der Waals surface area contributed by atoms with Gasteiger partial charge in [-0.25, -0.2) is 0 Å². The average molecular weight is 382 g/mol. The Morgan fingerprint density at radius 3 is 2.64 bits per heavy atom. The number of hydrogen-bond donors (Lipinski definition) is 3. The van der Waals surface area contributed by atoms with Crippen LogP contribution in [0.3, 0.4) is 0 Å². The summed E-state index contributed by atoms with van der Waals surface area (Å²) >= 11 is 12.4. The Balaban J connectivity index is 1.68. The Kier molecular flexibility index (Phi) is 5.83. The minimum absolute atomic E-state index is 0.176. The van der Waals surface area contributed by atoms with Gasteiger partial charge in [-0.1, -0.05) is 36.2 Å². The zero-order chi connectivity index (χ0) is 17.8. The van der Waals surface area contributed by atoms with Crippen LogP contribution in [0, 0.1) is 0 Å². The molecule has 0 radical (unpaired) electrons. The van der Waals surface area contributed by atoms with E-state index >= 15 is 0 Å². The topological polar surface area (TPSA) is 73.0 Å². The van der Waals surface area contributed by atoms with Crippen molar-refractivity contribution in [3.8, 4) is 0 Å². The quantitative estimate of drug-likeness (QED) is 0.738. The van der Waals surface area contributed by atoms with E-state index in [4.69, 9.17) is 23.2 Å². The van der Waals surface area contributed by atoms with Crippen molar-refractivity contribution in [2.24, 2.45) is 0 Å². The van der Waals surface area contributed by atoms with E-state index in [1.807, 2.05) is 0 Å². The molecule has 0 bridgehead atoms. The maximum absolute atomic E-state index is 12.6. The smallest absolute Gasteiger partial charge is 0.271 e. The molecule has 1 saturated heterocycles. The molecule has 25 heavy (non-hydrogen) atoms. The van der Waals surface area contributed by atoms with E-state index in [0.717, 1.165) is 32.5 Å². The molecular formula is C17H21Cl2N5O. The number of aromatic amines is 1. The van der Waals surface area contributed by atoms with Gasteiger partial charge in [0.15, 0.2) is 0 Å². The number of hydrogen-bond acceptors (Lipinski definition) is 4. The van der Waals surface area contributed by atoms with Crippen LogP contribution in [0.1, 0.15) is 30.3 Å². The van der Waals surface area contributed by atoms with Crippen LogP contribution in [-0.2, 0) is 0 Å².